The molecule has 0 spiro atoms. The molecule has 3 N–H and O–H groups in total. The number of amides is 1. The number of hydrogen-bond acceptors (Lipinski definition) is 5. The average molecular weight is 328 g/mol. The monoisotopic (exact) mass is 328 g/mol. The van der Waals surface area contributed by atoms with Gasteiger partial charge in [0.1, 0.15) is 29.7 Å². The van der Waals surface area contributed by atoms with Crippen molar-refractivity contribution < 1.29 is 19.1 Å². The molecule has 0 bridgehead atoms. The highest BCUT2D eigenvalue weighted by Gasteiger charge is 2.27. The molecule has 1 aromatic heterocycles. The van der Waals surface area contributed by atoms with Gasteiger partial charge in [-0.15, -0.1) is 0 Å². The van der Waals surface area contributed by atoms with Crippen LogP contribution >= 0.6 is 0 Å². The fourth-order valence-corrected chi connectivity index (χ4v) is 2.78. The van der Waals surface area contributed by atoms with Crippen molar-refractivity contribution in [2.75, 3.05) is 13.2 Å². The van der Waals surface area contributed by atoms with E-state index in [1.807, 2.05) is 43.3 Å². The number of furan rings is 1. The summed E-state index contributed by atoms with van der Waals surface area (Å²) in [7, 11) is 0. The minimum atomic E-state index is -0.779. The van der Waals surface area contributed by atoms with Crippen LogP contribution in [0.1, 0.15) is 5.76 Å². The van der Waals surface area contributed by atoms with E-state index in [9.17, 15) is 9.90 Å². The highest BCUT2D eigenvalue weighted by Crippen LogP contribution is 2.24. The number of carbonyl (C=O) groups is 1. The maximum Gasteiger partial charge on any atom is 0.242 e. The molecular weight excluding hydrogens is 308 g/mol. The molecule has 1 aliphatic heterocycles. The minimum absolute atomic E-state index is 0.193. The van der Waals surface area contributed by atoms with Crippen LogP contribution in [0.3, 0.4) is 0 Å². The van der Waals surface area contributed by atoms with Crippen LogP contribution < -0.4 is 10.5 Å². The Morgan fingerprint density at radius 3 is 3.00 bits per heavy atom. The molecule has 3 rings (SSSR count). The Hall–Kier alpha value is -2.73. The molecule has 1 amide bonds. The number of primary amides is 1. The van der Waals surface area contributed by atoms with Gasteiger partial charge >= 0.3 is 0 Å². The molecule has 6 nitrogen and oxygen atoms in total. The zero-order valence-electron chi connectivity index (χ0n) is 13.4. The second-order valence-electron chi connectivity index (χ2n) is 5.71. The molecule has 2 aromatic rings. The van der Waals surface area contributed by atoms with Crippen LogP contribution in [0.4, 0.5) is 0 Å². The van der Waals surface area contributed by atoms with Crippen LogP contribution in [0.5, 0.6) is 5.75 Å². The zero-order valence-corrected chi connectivity index (χ0v) is 13.4. The average Bonchev–Trinajstić information content (AvgIpc) is 2.93. The summed E-state index contributed by atoms with van der Waals surface area (Å²) in [6.45, 7) is 1.88. The smallest absolute Gasteiger partial charge is 0.242 e. The highest BCUT2D eigenvalue weighted by molar-refractivity contribution is 5.80. The third-order valence-corrected chi connectivity index (χ3v) is 3.98. The van der Waals surface area contributed by atoms with Crippen molar-refractivity contribution >= 4 is 16.9 Å². The summed E-state index contributed by atoms with van der Waals surface area (Å²) in [6.07, 6.45) is 7.32. The molecule has 0 radical (unpaired) electrons. The number of fused-ring (bicyclic) bond motifs is 1. The number of aliphatic hydroxyl groups excluding tert-OH is 1. The second-order valence-corrected chi connectivity index (χ2v) is 5.71. The normalized spacial score (nSPS) is 18.1. The first-order valence-electron chi connectivity index (χ1n) is 7.74. The molecule has 0 fully saturated rings. The van der Waals surface area contributed by atoms with Gasteiger partial charge in [-0.25, -0.2) is 0 Å². The molecule has 1 aromatic carbocycles. The van der Waals surface area contributed by atoms with Gasteiger partial charge in [-0.05, 0) is 37.3 Å². The third-order valence-electron chi connectivity index (χ3n) is 3.98. The lowest BCUT2D eigenvalue weighted by Crippen LogP contribution is -2.50. The van der Waals surface area contributed by atoms with Gasteiger partial charge in [-0.2, -0.15) is 0 Å². The topological polar surface area (TPSA) is 88.9 Å². The van der Waals surface area contributed by atoms with Crippen molar-refractivity contribution in [3.63, 3.8) is 0 Å². The summed E-state index contributed by atoms with van der Waals surface area (Å²) >= 11 is 0. The highest BCUT2D eigenvalue weighted by atomic mass is 16.5. The van der Waals surface area contributed by atoms with E-state index in [4.69, 9.17) is 14.9 Å². The van der Waals surface area contributed by atoms with Gasteiger partial charge in [-0.3, -0.25) is 4.79 Å². The Bertz CT molecular complexity index is 793. The molecule has 0 saturated heterocycles. The summed E-state index contributed by atoms with van der Waals surface area (Å²) in [4.78, 5) is 13.2. The van der Waals surface area contributed by atoms with Crippen LogP contribution in [-0.2, 0) is 4.79 Å². The van der Waals surface area contributed by atoms with Crippen molar-refractivity contribution in [2.45, 2.75) is 19.0 Å². The van der Waals surface area contributed by atoms with Crippen molar-refractivity contribution in [1.82, 2.24) is 4.90 Å². The summed E-state index contributed by atoms with van der Waals surface area (Å²) in [5.74, 6) is 0.990. The fraction of sp³-hybridized carbons (Fsp3) is 0.278. The summed E-state index contributed by atoms with van der Waals surface area (Å²) in [5, 5.41) is 10.4. The van der Waals surface area contributed by atoms with Crippen molar-refractivity contribution in [3.8, 4) is 5.75 Å². The molecule has 1 aliphatic rings. The van der Waals surface area contributed by atoms with Crippen molar-refractivity contribution in [2.24, 2.45) is 5.73 Å². The Labute approximate surface area is 139 Å². The van der Waals surface area contributed by atoms with E-state index >= 15 is 0 Å². The van der Waals surface area contributed by atoms with E-state index in [0.717, 1.165) is 16.7 Å². The largest absolute Gasteiger partial charge is 0.491 e. The van der Waals surface area contributed by atoms with Crippen LogP contribution in [0.25, 0.3) is 11.0 Å². The van der Waals surface area contributed by atoms with E-state index < -0.39 is 11.9 Å². The fourth-order valence-electron chi connectivity index (χ4n) is 2.78. The number of rotatable bonds is 6. The minimum Gasteiger partial charge on any atom is -0.491 e. The van der Waals surface area contributed by atoms with Crippen LogP contribution in [0.2, 0.25) is 0 Å². The standard InChI is InChI=1S/C18H20N2O4/c1-12-8-13-9-15(5-6-17(13)24-12)23-11-14-4-2-3-7-20(14)16(10-21)18(19)22/h2-9,14,16,21H,10-11H2,1H3,(H2,19,22). The molecule has 2 unspecified atom stereocenters. The number of nitrogens with two attached hydrogens (primary N) is 1. The lowest BCUT2D eigenvalue weighted by molar-refractivity contribution is -0.124. The number of aliphatic hydroxyl groups is 1. The first-order chi connectivity index (χ1) is 11.6. The Morgan fingerprint density at radius 1 is 1.42 bits per heavy atom. The number of nitrogens with zero attached hydrogens (tertiary/aromatic N) is 1. The number of aryl methyl sites for hydroxylation is 1. The van der Waals surface area contributed by atoms with Crippen molar-refractivity contribution in [3.05, 3.63) is 54.5 Å². The Balaban J connectivity index is 1.72. The van der Waals surface area contributed by atoms with E-state index in [-0.39, 0.29) is 12.6 Å². The molecule has 126 valence electrons. The van der Waals surface area contributed by atoms with E-state index in [0.29, 0.717) is 12.4 Å². The third kappa shape index (κ3) is 3.28. The number of ether oxygens (including phenoxy) is 1. The van der Waals surface area contributed by atoms with Gasteiger partial charge in [0.15, 0.2) is 0 Å². The van der Waals surface area contributed by atoms with Gasteiger partial charge in [0.2, 0.25) is 5.91 Å². The first kappa shape index (κ1) is 16.1. The SMILES string of the molecule is Cc1cc2cc(OCC3C=CC=CN3C(CO)C(N)=O)ccc2o1. The van der Waals surface area contributed by atoms with Gasteiger partial charge in [0.25, 0.3) is 0 Å². The predicted octanol–water partition coefficient (Wildman–Crippen LogP) is 1.72. The summed E-state index contributed by atoms with van der Waals surface area (Å²) in [6, 6.07) is 6.60. The summed E-state index contributed by atoms with van der Waals surface area (Å²) in [5.41, 5.74) is 6.18. The predicted molar refractivity (Wildman–Crippen MR) is 90.4 cm³/mol. The molecule has 24 heavy (non-hydrogen) atoms. The molecule has 0 aliphatic carbocycles. The van der Waals surface area contributed by atoms with Crippen LogP contribution in [0.15, 0.2) is 53.1 Å². The van der Waals surface area contributed by atoms with Gasteiger partial charge < -0.3 is 24.9 Å². The van der Waals surface area contributed by atoms with E-state index in [1.54, 1.807) is 17.2 Å². The van der Waals surface area contributed by atoms with Crippen LogP contribution in [-0.4, -0.2) is 41.2 Å². The van der Waals surface area contributed by atoms with Gasteiger partial charge in [0, 0.05) is 11.6 Å². The molecule has 6 heteroatoms. The second kappa shape index (κ2) is 6.80. The maximum absolute atomic E-state index is 11.5. The first-order valence-corrected chi connectivity index (χ1v) is 7.74. The van der Waals surface area contributed by atoms with Gasteiger partial charge in [-0.1, -0.05) is 12.2 Å². The number of carbonyl (C=O) groups excluding carboxylic acids is 1. The number of allylic oxidation sites excluding steroid dienone is 2. The zero-order chi connectivity index (χ0) is 17.1. The number of benzene rings is 1. The lowest BCUT2D eigenvalue weighted by Gasteiger charge is -2.34. The molecule has 2 heterocycles. The number of hydrogen-bond donors (Lipinski definition) is 2. The Kier molecular flexibility index (Phi) is 4.57. The maximum atomic E-state index is 11.5. The quantitative estimate of drug-likeness (QED) is 0.843. The summed E-state index contributed by atoms with van der Waals surface area (Å²) < 4.78 is 11.4. The molecule has 2 atom stereocenters. The van der Waals surface area contributed by atoms with E-state index in [2.05, 4.69) is 0 Å². The van der Waals surface area contributed by atoms with Crippen LogP contribution in [0, 0.1) is 6.92 Å². The van der Waals surface area contributed by atoms with Gasteiger partial charge in [0.05, 0.1) is 12.6 Å². The molecular formula is C18H20N2O4. The van der Waals surface area contributed by atoms with Crippen molar-refractivity contribution in [1.29, 1.82) is 0 Å². The molecule has 0 saturated carbocycles. The lowest BCUT2D eigenvalue weighted by atomic mass is 10.1. The van der Waals surface area contributed by atoms with E-state index in [1.165, 1.54) is 0 Å². The Morgan fingerprint density at radius 2 is 2.25 bits per heavy atom.